The number of sulfone groups is 1. The summed E-state index contributed by atoms with van der Waals surface area (Å²) < 4.78 is 33.5. The highest BCUT2D eigenvalue weighted by Gasteiger charge is 2.34. The van der Waals surface area contributed by atoms with Crippen LogP contribution in [-0.2, 0) is 35.3 Å². The maximum atomic E-state index is 13.2. The Morgan fingerprint density at radius 1 is 1.15 bits per heavy atom. The summed E-state index contributed by atoms with van der Waals surface area (Å²) >= 11 is 0. The monoisotopic (exact) mass is 487 g/mol. The van der Waals surface area contributed by atoms with Crippen molar-refractivity contribution in [2.45, 2.75) is 44.8 Å². The van der Waals surface area contributed by atoms with Gasteiger partial charge in [-0.1, -0.05) is 0 Å². The zero-order valence-electron chi connectivity index (χ0n) is 19.1. The lowest BCUT2D eigenvalue weighted by Gasteiger charge is -2.13. The fourth-order valence-electron chi connectivity index (χ4n) is 4.44. The molecule has 0 radical (unpaired) electrons. The smallest absolute Gasteiger partial charge is 0.339 e. The fourth-order valence-corrected chi connectivity index (χ4v) is 6.13. The van der Waals surface area contributed by atoms with Gasteiger partial charge in [-0.3, -0.25) is 13.9 Å². The molecule has 0 N–H and O–H groups in total. The van der Waals surface area contributed by atoms with Gasteiger partial charge in [0.15, 0.2) is 15.5 Å². The summed E-state index contributed by atoms with van der Waals surface area (Å²) in [7, 11) is -0.249. The molecule has 0 spiro atoms. The predicted octanol–water partition coefficient (Wildman–Crippen LogP) is 0.731. The number of aryl methyl sites for hydroxylation is 1. The van der Waals surface area contributed by atoms with Crippen LogP contribution in [-0.4, -0.2) is 49.8 Å². The van der Waals surface area contributed by atoms with Gasteiger partial charge in [0.25, 0.3) is 5.56 Å². The van der Waals surface area contributed by atoms with Crippen molar-refractivity contribution in [2.24, 2.45) is 14.1 Å². The van der Waals surface area contributed by atoms with E-state index in [2.05, 4.69) is 5.10 Å². The Labute approximate surface area is 194 Å². The standard InChI is InChI=1S/C22H25N5O6S/c1-12-19-16(21(29)33-10-15-8-18(28)26(3)22(30)25(15)2)9-17(13-4-5-13)23-20(19)27(24-12)14-6-7-34(31,32)11-14/h8-9,13-14H,4-7,10-11H2,1-3H3. The van der Waals surface area contributed by atoms with Gasteiger partial charge in [-0.05, 0) is 32.3 Å². The van der Waals surface area contributed by atoms with Crippen molar-refractivity contribution in [3.8, 4) is 0 Å². The molecule has 1 saturated carbocycles. The Balaban J connectivity index is 1.54. The van der Waals surface area contributed by atoms with E-state index in [1.807, 2.05) is 0 Å². The van der Waals surface area contributed by atoms with E-state index in [0.29, 0.717) is 28.7 Å². The van der Waals surface area contributed by atoms with Crippen LogP contribution < -0.4 is 11.2 Å². The zero-order valence-corrected chi connectivity index (χ0v) is 20.0. The molecule has 11 nitrogen and oxygen atoms in total. The lowest BCUT2D eigenvalue weighted by Crippen LogP contribution is -2.38. The zero-order chi connectivity index (χ0) is 24.4. The molecule has 1 saturated heterocycles. The van der Waals surface area contributed by atoms with Crippen molar-refractivity contribution in [2.75, 3.05) is 11.5 Å². The second kappa shape index (κ2) is 7.90. The molecule has 4 heterocycles. The van der Waals surface area contributed by atoms with Gasteiger partial charge in [0.05, 0.1) is 39.9 Å². The number of hydrogen-bond donors (Lipinski definition) is 0. The Hall–Kier alpha value is -3.28. The van der Waals surface area contributed by atoms with Gasteiger partial charge in [-0.15, -0.1) is 0 Å². The molecule has 1 unspecified atom stereocenters. The van der Waals surface area contributed by atoms with E-state index in [9.17, 15) is 22.8 Å². The van der Waals surface area contributed by atoms with E-state index in [1.54, 1.807) is 17.7 Å². The maximum absolute atomic E-state index is 13.2. The molecular formula is C22H25N5O6S. The van der Waals surface area contributed by atoms with E-state index in [4.69, 9.17) is 9.72 Å². The first-order chi connectivity index (χ1) is 16.1. The molecule has 180 valence electrons. The van der Waals surface area contributed by atoms with Crippen LogP contribution in [0, 0.1) is 6.92 Å². The second-order valence-corrected chi connectivity index (χ2v) is 11.3. The number of carbonyl (C=O) groups excluding carboxylic acids is 1. The molecule has 12 heteroatoms. The third-order valence-corrected chi connectivity index (χ3v) is 8.35. The van der Waals surface area contributed by atoms with Crippen molar-refractivity contribution in [3.05, 3.63) is 55.6 Å². The molecule has 34 heavy (non-hydrogen) atoms. The summed E-state index contributed by atoms with van der Waals surface area (Å²) in [5.41, 5.74) is 1.37. The van der Waals surface area contributed by atoms with Crippen molar-refractivity contribution >= 4 is 26.8 Å². The van der Waals surface area contributed by atoms with Crippen LogP contribution in [0.1, 0.15) is 58.7 Å². The summed E-state index contributed by atoms with van der Waals surface area (Å²) in [4.78, 5) is 42.1. The van der Waals surface area contributed by atoms with Crippen molar-refractivity contribution in [1.29, 1.82) is 0 Å². The number of ether oxygens (including phenoxy) is 1. The second-order valence-electron chi connectivity index (χ2n) is 9.11. The topological polar surface area (TPSA) is 135 Å². The van der Waals surface area contributed by atoms with E-state index in [-0.39, 0.29) is 35.8 Å². The molecular weight excluding hydrogens is 462 g/mol. The molecule has 3 aromatic heterocycles. The molecule has 0 aromatic carbocycles. The molecule has 5 rings (SSSR count). The SMILES string of the molecule is Cc1nn(C2CCS(=O)(=O)C2)c2nc(C3CC3)cc(C(=O)OCc3cc(=O)n(C)c(=O)n3C)c12. The summed E-state index contributed by atoms with van der Waals surface area (Å²) in [5, 5.41) is 5.08. The predicted molar refractivity (Wildman–Crippen MR) is 123 cm³/mol. The number of nitrogens with zero attached hydrogens (tertiary/aromatic N) is 5. The number of carbonyl (C=O) groups is 1. The molecule has 1 aliphatic heterocycles. The van der Waals surface area contributed by atoms with Crippen LogP contribution in [0.15, 0.2) is 21.7 Å². The average molecular weight is 488 g/mol. The highest BCUT2D eigenvalue weighted by Crippen LogP contribution is 2.41. The van der Waals surface area contributed by atoms with Crippen LogP contribution in [0.25, 0.3) is 11.0 Å². The lowest BCUT2D eigenvalue weighted by atomic mass is 10.1. The summed E-state index contributed by atoms with van der Waals surface area (Å²) in [6.07, 6.45) is 2.38. The molecule has 1 atom stereocenters. The summed E-state index contributed by atoms with van der Waals surface area (Å²) in [5.74, 6) is -0.283. The van der Waals surface area contributed by atoms with Crippen LogP contribution in [0.2, 0.25) is 0 Å². The van der Waals surface area contributed by atoms with Gasteiger partial charge in [0.2, 0.25) is 0 Å². The molecule has 0 amide bonds. The Morgan fingerprint density at radius 3 is 2.53 bits per heavy atom. The van der Waals surface area contributed by atoms with Crippen molar-refractivity contribution < 1.29 is 17.9 Å². The first-order valence-corrected chi connectivity index (χ1v) is 12.9. The van der Waals surface area contributed by atoms with Gasteiger partial charge in [0, 0.05) is 31.8 Å². The van der Waals surface area contributed by atoms with E-state index in [1.165, 1.54) is 24.7 Å². The first kappa shape index (κ1) is 22.5. The fraction of sp³-hybridized carbons (Fsp3) is 0.500. The largest absolute Gasteiger partial charge is 0.456 e. The lowest BCUT2D eigenvalue weighted by molar-refractivity contribution is 0.0464. The first-order valence-electron chi connectivity index (χ1n) is 11.1. The maximum Gasteiger partial charge on any atom is 0.339 e. The number of fused-ring (bicyclic) bond motifs is 1. The molecule has 2 fully saturated rings. The van der Waals surface area contributed by atoms with E-state index >= 15 is 0 Å². The van der Waals surface area contributed by atoms with Crippen LogP contribution >= 0.6 is 0 Å². The summed E-state index contributed by atoms with van der Waals surface area (Å²) in [6, 6.07) is 2.65. The Bertz CT molecular complexity index is 1560. The van der Waals surface area contributed by atoms with Crippen LogP contribution in [0.3, 0.4) is 0 Å². The third kappa shape index (κ3) is 3.85. The van der Waals surface area contributed by atoms with Crippen LogP contribution in [0.5, 0.6) is 0 Å². The minimum Gasteiger partial charge on any atom is -0.456 e. The normalized spacial score (nSPS) is 19.6. The van der Waals surface area contributed by atoms with Gasteiger partial charge in [-0.25, -0.2) is 27.7 Å². The van der Waals surface area contributed by atoms with Gasteiger partial charge in [-0.2, -0.15) is 5.10 Å². The number of aromatic nitrogens is 5. The van der Waals surface area contributed by atoms with E-state index < -0.39 is 27.1 Å². The Morgan fingerprint density at radius 2 is 1.88 bits per heavy atom. The minimum atomic E-state index is -3.13. The van der Waals surface area contributed by atoms with Gasteiger partial charge < -0.3 is 4.74 Å². The quantitative estimate of drug-likeness (QED) is 0.481. The van der Waals surface area contributed by atoms with Crippen LogP contribution in [0.4, 0.5) is 0 Å². The van der Waals surface area contributed by atoms with Crippen molar-refractivity contribution in [3.63, 3.8) is 0 Å². The molecule has 1 aliphatic carbocycles. The highest BCUT2D eigenvalue weighted by molar-refractivity contribution is 7.91. The number of esters is 1. The summed E-state index contributed by atoms with van der Waals surface area (Å²) in [6.45, 7) is 1.50. The number of hydrogen-bond acceptors (Lipinski definition) is 8. The number of pyridine rings is 1. The number of rotatable bonds is 5. The van der Waals surface area contributed by atoms with E-state index in [0.717, 1.165) is 23.1 Å². The van der Waals surface area contributed by atoms with Gasteiger partial charge >= 0.3 is 11.7 Å². The van der Waals surface area contributed by atoms with Gasteiger partial charge in [0.1, 0.15) is 6.61 Å². The average Bonchev–Trinajstić information content (AvgIpc) is 3.51. The molecule has 0 bridgehead atoms. The minimum absolute atomic E-state index is 0.00463. The molecule has 2 aliphatic rings. The molecule has 3 aromatic rings. The third-order valence-electron chi connectivity index (χ3n) is 6.60. The highest BCUT2D eigenvalue weighted by atomic mass is 32.2. The Kier molecular flexibility index (Phi) is 5.23. The van der Waals surface area contributed by atoms with Crippen molar-refractivity contribution in [1.82, 2.24) is 23.9 Å².